The Balaban J connectivity index is 1.74. The maximum absolute atomic E-state index is 11.9. The van der Waals surface area contributed by atoms with E-state index in [0.29, 0.717) is 12.8 Å². The van der Waals surface area contributed by atoms with Crippen molar-refractivity contribution < 1.29 is 19.5 Å². The van der Waals surface area contributed by atoms with E-state index in [-0.39, 0.29) is 31.3 Å². The molecule has 0 atom stereocenters. The van der Waals surface area contributed by atoms with E-state index >= 15 is 0 Å². The standard InChI is InChI=1S/C18H24N2O4/c21-15(11-14-7-3-1-4-8-14)19-12-16(22)20-13-18(17(23)24)9-5-2-6-10-18/h1,3-4,7-8H,2,5-6,9-13H2,(H,19,21)(H,20,22)(H,23,24). The summed E-state index contributed by atoms with van der Waals surface area (Å²) in [5.74, 6) is -1.44. The van der Waals surface area contributed by atoms with Crippen LogP contribution in [0.2, 0.25) is 0 Å². The Morgan fingerprint density at radius 3 is 2.25 bits per heavy atom. The van der Waals surface area contributed by atoms with Crippen molar-refractivity contribution in [1.82, 2.24) is 10.6 Å². The van der Waals surface area contributed by atoms with E-state index in [9.17, 15) is 19.5 Å². The van der Waals surface area contributed by atoms with Gasteiger partial charge in [0, 0.05) is 6.54 Å². The molecule has 1 aliphatic rings. The van der Waals surface area contributed by atoms with Gasteiger partial charge in [-0.2, -0.15) is 0 Å². The lowest BCUT2D eigenvalue weighted by molar-refractivity contribution is -0.151. The molecule has 0 aromatic heterocycles. The van der Waals surface area contributed by atoms with Crippen LogP contribution in [0.1, 0.15) is 37.7 Å². The lowest BCUT2D eigenvalue weighted by Crippen LogP contribution is -2.46. The molecule has 2 rings (SSSR count). The third kappa shape index (κ3) is 5.08. The number of rotatable bonds is 7. The van der Waals surface area contributed by atoms with E-state index in [2.05, 4.69) is 10.6 Å². The molecule has 2 amide bonds. The first-order valence-corrected chi connectivity index (χ1v) is 8.33. The van der Waals surface area contributed by atoms with Gasteiger partial charge in [-0.15, -0.1) is 0 Å². The van der Waals surface area contributed by atoms with E-state index in [1.54, 1.807) is 0 Å². The van der Waals surface area contributed by atoms with Crippen LogP contribution in [0.25, 0.3) is 0 Å². The average molecular weight is 332 g/mol. The van der Waals surface area contributed by atoms with Crippen molar-refractivity contribution in [3.05, 3.63) is 35.9 Å². The van der Waals surface area contributed by atoms with Crippen molar-refractivity contribution >= 4 is 17.8 Å². The van der Waals surface area contributed by atoms with Gasteiger partial charge in [-0.3, -0.25) is 14.4 Å². The van der Waals surface area contributed by atoms with E-state index in [4.69, 9.17) is 0 Å². The number of hydrogen-bond acceptors (Lipinski definition) is 3. The summed E-state index contributed by atoms with van der Waals surface area (Å²) in [5.41, 5.74) is 0.0181. The summed E-state index contributed by atoms with van der Waals surface area (Å²) < 4.78 is 0. The largest absolute Gasteiger partial charge is 0.481 e. The zero-order chi connectivity index (χ0) is 17.4. The van der Waals surface area contributed by atoms with Gasteiger partial charge < -0.3 is 15.7 Å². The Bertz CT molecular complexity index is 580. The zero-order valence-electron chi connectivity index (χ0n) is 13.7. The second-order valence-corrected chi connectivity index (χ2v) is 6.36. The van der Waals surface area contributed by atoms with Crippen LogP contribution in [-0.2, 0) is 20.8 Å². The van der Waals surface area contributed by atoms with Crippen LogP contribution in [0.15, 0.2) is 30.3 Å². The van der Waals surface area contributed by atoms with Crippen molar-refractivity contribution in [3.8, 4) is 0 Å². The molecular weight excluding hydrogens is 308 g/mol. The van der Waals surface area contributed by atoms with Crippen LogP contribution in [0.5, 0.6) is 0 Å². The molecule has 0 heterocycles. The molecule has 1 aromatic rings. The highest BCUT2D eigenvalue weighted by Crippen LogP contribution is 2.35. The molecule has 6 nitrogen and oxygen atoms in total. The van der Waals surface area contributed by atoms with Crippen LogP contribution in [0.4, 0.5) is 0 Å². The van der Waals surface area contributed by atoms with Crippen molar-refractivity contribution in [2.75, 3.05) is 13.1 Å². The summed E-state index contributed by atoms with van der Waals surface area (Å²) in [7, 11) is 0. The summed E-state index contributed by atoms with van der Waals surface area (Å²) in [4.78, 5) is 35.2. The Kier molecular flexibility index (Phi) is 6.35. The Morgan fingerprint density at radius 2 is 1.62 bits per heavy atom. The van der Waals surface area contributed by atoms with Gasteiger partial charge in [0.25, 0.3) is 0 Å². The molecule has 0 spiro atoms. The second-order valence-electron chi connectivity index (χ2n) is 6.36. The number of amides is 2. The topological polar surface area (TPSA) is 95.5 Å². The van der Waals surface area contributed by atoms with Crippen LogP contribution < -0.4 is 10.6 Å². The van der Waals surface area contributed by atoms with E-state index in [1.165, 1.54) is 0 Å². The first-order valence-electron chi connectivity index (χ1n) is 8.33. The van der Waals surface area contributed by atoms with Crippen molar-refractivity contribution in [2.24, 2.45) is 5.41 Å². The molecule has 0 aliphatic heterocycles. The predicted molar refractivity (Wildman–Crippen MR) is 89.3 cm³/mol. The van der Waals surface area contributed by atoms with Gasteiger partial charge in [-0.25, -0.2) is 0 Å². The molecule has 6 heteroatoms. The number of nitrogens with one attached hydrogen (secondary N) is 2. The first-order chi connectivity index (χ1) is 11.5. The molecule has 130 valence electrons. The fourth-order valence-corrected chi connectivity index (χ4v) is 3.05. The zero-order valence-corrected chi connectivity index (χ0v) is 13.7. The van der Waals surface area contributed by atoms with Crippen LogP contribution >= 0.6 is 0 Å². The third-order valence-electron chi connectivity index (χ3n) is 4.54. The van der Waals surface area contributed by atoms with E-state index < -0.39 is 11.4 Å². The number of carbonyl (C=O) groups excluding carboxylic acids is 2. The Morgan fingerprint density at radius 1 is 0.958 bits per heavy atom. The number of hydrogen-bond donors (Lipinski definition) is 3. The smallest absolute Gasteiger partial charge is 0.311 e. The quantitative estimate of drug-likeness (QED) is 0.705. The summed E-state index contributed by atoms with van der Waals surface area (Å²) in [6.07, 6.45) is 4.17. The molecule has 1 aromatic carbocycles. The maximum atomic E-state index is 11.9. The fraction of sp³-hybridized carbons (Fsp3) is 0.500. The summed E-state index contributed by atoms with van der Waals surface area (Å²) >= 11 is 0. The molecule has 0 unspecified atom stereocenters. The van der Waals surface area contributed by atoms with Gasteiger partial charge in [0.15, 0.2) is 0 Å². The summed E-state index contributed by atoms with van der Waals surface area (Å²) in [5, 5.41) is 14.7. The van der Waals surface area contributed by atoms with Gasteiger partial charge in [0.1, 0.15) is 0 Å². The number of benzene rings is 1. The highest BCUT2D eigenvalue weighted by Gasteiger charge is 2.39. The maximum Gasteiger partial charge on any atom is 0.311 e. The number of carbonyl (C=O) groups is 3. The van der Waals surface area contributed by atoms with Crippen LogP contribution in [-0.4, -0.2) is 36.0 Å². The Hall–Kier alpha value is -2.37. The third-order valence-corrected chi connectivity index (χ3v) is 4.54. The minimum Gasteiger partial charge on any atom is -0.481 e. The van der Waals surface area contributed by atoms with Gasteiger partial charge in [0.05, 0.1) is 18.4 Å². The second kappa shape index (κ2) is 8.47. The normalized spacial score (nSPS) is 16.2. The molecular formula is C18H24N2O4. The number of aliphatic carboxylic acids is 1. The molecule has 0 bridgehead atoms. The van der Waals surface area contributed by atoms with Crippen LogP contribution in [0, 0.1) is 5.41 Å². The predicted octanol–water partition coefficient (Wildman–Crippen LogP) is 1.50. The van der Waals surface area contributed by atoms with Crippen molar-refractivity contribution in [3.63, 3.8) is 0 Å². The van der Waals surface area contributed by atoms with Gasteiger partial charge in [-0.05, 0) is 18.4 Å². The molecule has 1 fully saturated rings. The van der Waals surface area contributed by atoms with Gasteiger partial charge in [-0.1, -0.05) is 49.6 Å². The lowest BCUT2D eigenvalue weighted by Gasteiger charge is -2.33. The van der Waals surface area contributed by atoms with Gasteiger partial charge in [0.2, 0.25) is 11.8 Å². The van der Waals surface area contributed by atoms with Crippen LogP contribution in [0.3, 0.4) is 0 Å². The monoisotopic (exact) mass is 332 g/mol. The lowest BCUT2D eigenvalue weighted by atomic mass is 9.74. The minimum atomic E-state index is -0.859. The molecule has 1 saturated carbocycles. The molecule has 0 radical (unpaired) electrons. The first kappa shape index (κ1) is 18.0. The fourth-order valence-electron chi connectivity index (χ4n) is 3.05. The minimum absolute atomic E-state index is 0.121. The molecule has 3 N–H and O–H groups in total. The summed E-state index contributed by atoms with van der Waals surface area (Å²) in [6.45, 7) is -0.0168. The SMILES string of the molecule is O=C(CNC(=O)Cc1ccccc1)NCC1(C(=O)O)CCCCC1. The number of carboxylic acids is 1. The van der Waals surface area contributed by atoms with Crippen molar-refractivity contribution in [2.45, 2.75) is 38.5 Å². The van der Waals surface area contributed by atoms with Crippen molar-refractivity contribution in [1.29, 1.82) is 0 Å². The van der Waals surface area contributed by atoms with E-state index in [0.717, 1.165) is 24.8 Å². The highest BCUT2D eigenvalue weighted by atomic mass is 16.4. The molecule has 24 heavy (non-hydrogen) atoms. The molecule has 1 aliphatic carbocycles. The van der Waals surface area contributed by atoms with Gasteiger partial charge >= 0.3 is 5.97 Å². The Labute approximate surface area is 141 Å². The van der Waals surface area contributed by atoms with E-state index in [1.807, 2.05) is 30.3 Å². The number of carboxylic acid groups (broad SMARTS) is 1. The molecule has 0 saturated heterocycles. The average Bonchev–Trinajstić information content (AvgIpc) is 2.60. The summed E-state index contributed by atoms with van der Waals surface area (Å²) in [6, 6.07) is 9.27. The highest BCUT2D eigenvalue weighted by molar-refractivity contribution is 5.86.